The molecule has 0 aromatic carbocycles. The van der Waals surface area contributed by atoms with Crippen molar-refractivity contribution in [1.82, 2.24) is 15.1 Å². The van der Waals surface area contributed by atoms with Crippen LogP contribution < -0.4 is 5.73 Å². The van der Waals surface area contributed by atoms with E-state index in [0.717, 1.165) is 12.1 Å². The Morgan fingerprint density at radius 3 is 2.58 bits per heavy atom. The molecular weight excluding hydrogens is 248 g/mol. The third-order valence-electron chi connectivity index (χ3n) is 2.77. The Bertz CT molecular complexity index is 456. The molecule has 0 unspecified atom stereocenters. The summed E-state index contributed by atoms with van der Waals surface area (Å²) < 4.78 is 4.58. The minimum Gasteiger partial charge on any atom is -0.468 e. The number of rotatable bonds is 6. The van der Waals surface area contributed by atoms with Crippen molar-refractivity contribution in [1.29, 1.82) is 0 Å². The lowest BCUT2D eigenvalue weighted by Gasteiger charge is -2.19. The fraction of sp³-hybridized carbons (Fsp3) is 0.583. The molecule has 106 valence electrons. The van der Waals surface area contributed by atoms with E-state index in [0.29, 0.717) is 18.7 Å². The highest BCUT2D eigenvalue weighted by Gasteiger charge is 2.24. The largest absolute Gasteiger partial charge is 0.468 e. The van der Waals surface area contributed by atoms with Gasteiger partial charge in [0.15, 0.2) is 5.69 Å². The van der Waals surface area contributed by atoms with Gasteiger partial charge in [-0.1, -0.05) is 13.8 Å². The van der Waals surface area contributed by atoms with Crippen LogP contribution in [0.25, 0.3) is 0 Å². The fourth-order valence-corrected chi connectivity index (χ4v) is 1.71. The molecule has 1 heterocycles. The highest BCUT2D eigenvalue weighted by Crippen LogP contribution is 2.16. The number of hydrogen-bond donors (Lipinski definition) is 2. The normalized spacial score (nSPS) is 10.3. The average molecular weight is 268 g/mol. The number of aryl methyl sites for hydroxylation is 1. The van der Waals surface area contributed by atoms with E-state index in [2.05, 4.69) is 14.9 Å². The molecule has 0 spiro atoms. The Morgan fingerprint density at radius 2 is 2.11 bits per heavy atom. The maximum atomic E-state index is 12.3. The van der Waals surface area contributed by atoms with Gasteiger partial charge < -0.3 is 15.4 Å². The fourth-order valence-electron chi connectivity index (χ4n) is 1.71. The Hall–Kier alpha value is -2.05. The molecule has 7 nitrogen and oxygen atoms in total. The lowest BCUT2D eigenvalue weighted by Crippen LogP contribution is -2.37. The van der Waals surface area contributed by atoms with Gasteiger partial charge in [-0.2, -0.15) is 5.10 Å². The topological polar surface area (TPSA) is 101 Å². The van der Waals surface area contributed by atoms with E-state index in [9.17, 15) is 9.59 Å². The summed E-state index contributed by atoms with van der Waals surface area (Å²) in [6.45, 7) is 4.18. The van der Waals surface area contributed by atoms with Gasteiger partial charge in [0.2, 0.25) is 0 Å². The molecule has 1 aromatic heterocycles. The molecule has 19 heavy (non-hydrogen) atoms. The molecule has 0 aliphatic heterocycles. The van der Waals surface area contributed by atoms with Gasteiger partial charge in [-0.05, 0) is 12.8 Å². The van der Waals surface area contributed by atoms with Gasteiger partial charge in [0, 0.05) is 6.54 Å². The number of carbonyl (C=O) groups excluding carboxylic acids is 2. The number of aromatic nitrogens is 2. The van der Waals surface area contributed by atoms with E-state index in [1.54, 1.807) is 0 Å². The lowest BCUT2D eigenvalue weighted by atomic mass is 10.2. The van der Waals surface area contributed by atoms with Crippen LogP contribution in [0, 0.1) is 0 Å². The number of nitrogens with one attached hydrogen (secondary N) is 1. The number of nitrogens with two attached hydrogens (primary N) is 1. The Kier molecular flexibility index (Phi) is 5.35. The van der Waals surface area contributed by atoms with Gasteiger partial charge in [0.25, 0.3) is 5.91 Å². The number of carbonyl (C=O) groups is 2. The van der Waals surface area contributed by atoms with Gasteiger partial charge in [0.05, 0.1) is 18.5 Å². The molecule has 1 rings (SSSR count). The predicted molar refractivity (Wildman–Crippen MR) is 70.6 cm³/mol. The average Bonchev–Trinajstić information content (AvgIpc) is 2.78. The first kappa shape index (κ1) is 15.0. The molecule has 0 atom stereocenters. The highest BCUT2D eigenvalue weighted by atomic mass is 16.5. The smallest absolute Gasteiger partial charge is 0.325 e. The lowest BCUT2D eigenvalue weighted by molar-refractivity contribution is -0.141. The summed E-state index contributed by atoms with van der Waals surface area (Å²) in [5.74, 6) is -0.827. The molecule has 1 amide bonds. The zero-order valence-corrected chi connectivity index (χ0v) is 11.5. The van der Waals surface area contributed by atoms with Crippen molar-refractivity contribution in [2.45, 2.75) is 26.7 Å². The molecule has 0 aliphatic rings. The van der Waals surface area contributed by atoms with Crippen LogP contribution in [0.15, 0.2) is 0 Å². The summed E-state index contributed by atoms with van der Waals surface area (Å²) >= 11 is 0. The van der Waals surface area contributed by atoms with E-state index in [1.807, 2.05) is 13.8 Å². The standard InChI is InChI=1S/C12H20N4O3/c1-4-6-16(7-9(17)19-3)12(18)11-10(13)8(5-2)14-15-11/h4-7,13H2,1-3H3,(H,14,15). The van der Waals surface area contributed by atoms with Crippen LogP contribution in [0.4, 0.5) is 5.69 Å². The van der Waals surface area contributed by atoms with E-state index >= 15 is 0 Å². The second kappa shape index (κ2) is 6.77. The van der Waals surface area contributed by atoms with Crippen molar-refractivity contribution >= 4 is 17.6 Å². The van der Waals surface area contributed by atoms with Gasteiger partial charge >= 0.3 is 5.97 Å². The number of esters is 1. The Morgan fingerprint density at radius 1 is 1.42 bits per heavy atom. The third-order valence-corrected chi connectivity index (χ3v) is 2.77. The van der Waals surface area contributed by atoms with Crippen molar-refractivity contribution in [2.24, 2.45) is 0 Å². The van der Waals surface area contributed by atoms with Crippen molar-refractivity contribution in [3.05, 3.63) is 11.4 Å². The Labute approximate surface area is 112 Å². The molecule has 0 saturated heterocycles. The van der Waals surface area contributed by atoms with Crippen LogP contribution >= 0.6 is 0 Å². The molecular formula is C12H20N4O3. The molecule has 0 saturated carbocycles. The maximum absolute atomic E-state index is 12.3. The molecule has 0 bridgehead atoms. The Balaban J connectivity index is 2.92. The van der Waals surface area contributed by atoms with Gasteiger partial charge in [-0.25, -0.2) is 0 Å². The number of methoxy groups -OCH3 is 1. The van der Waals surface area contributed by atoms with Crippen LogP contribution in [0.5, 0.6) is 0 Å². The molecule has 0 aliphatic carbocycles. The quantitative estimate of drug-likeness (QED) is 0.735. The number of anilines is 1. The number of H-pyrrole nitrogens is 1. The predicted octanol–water partition coefficient (Wildman–Crippen LogP) is 0.579. The maximum Gasteiger partial charge on any atom is 0.325 e. The van der Waals surface area contributed by atoms with E-state index in [1.165, 1.54) is 12.0 Å². The minimum absolute atomic E-state index is 0.100. The molecule has 1 aromatic rings. The summed E-state index contributed by atoms with van der Waals surface area (Å²) in [6.07, 6.45) is 1.39. The van der Waals surface area contributed by atoms with Crippen LogP contribution in [0.3, 0.4) is 0 Å². The van der Waals surface area contributed by atoms with Crippen molar-refractivity contribution < 1.29 is 14.3 Å². The minimum atomic E-state index is -0.466. The number of amides is 1. The summed E-state index contributed by atoms with van der Waals surface area (Å²) in [6, 6.07) is 0. The van der Waals surface area contributed by atoms with Crippen molar-refractivity contribution in [3.63, 3.8) is 0 Å². The SMILES string of the molecule is CCCN(CC(=O)OC)C(=O)c1n[nH]c(CC)c1N. The summed E-state index contributed by atoms with van der Waals surface area (Å²) in [5, 5.41) is 6.66. The number of nitrogen functional groups attached to an aromatic ring is 1. The van der Waals surface area contributed by atoms with Crippen LogP contribution in [0.1, 0.15) is 36.5 Å². The van der Waals surface area contributed by atoms with Crippen LogP contribution in [0.2, 0.25) is 0 Å². The van der Waals surface area contributed by atoms with Crippen molar-refractivity contribution in [3.8, 4) is 0 Å². The van der Waals surface area contributed by atoms with E-state index in [-0.39, 0.29) is 18.1 Å². The van der Waals surface area contributed by atoms with Gasteiger partial charge in [0.1, 0.15) is 6.54 Å². The molecule has 0 radical (unpaired) electrons. The van der Waals surface area contributed by atoms with E-state index < -0.39 is 5.97 Å². The van der Waals surface area contributed by atoms with E-state index in [4.69, 9.17) is 5.73 Å². The highest BCUT2D eigenvalue weighted by molar-refractivity contribution is 5.99. The molecule has 7 heteroatoms. The number of aromatic amines is 1. The number of nitrogens with zero attached hydrogens (tertiary/aromatic N) is 2. The first-order valence-corrected chi connectivity index (χ1v) is 6.23. The van der Waals surface area contributed by atoms with Gasteiger partial charge in [-0.3, -0.25) is 14.7 Å². The second-order valence-electron chi connectivity index (χ2n) is 4.12. The van der Waals surface area contributed by atoms with Crippen molar-refractivity contribution in [2.75, 3.05) is 25.9 Å². The monoisotopic (exact) mass is 268 g/mol. The summed E-state index contributed by atoms with van der Waals surface area (Å²) in [4.78, 5) is 25.0. The summed E-state index contributed by atoms with van der Waals surface area (Å²) in [5.41, 5.74) is 7.08. The first-order chi connectivity index (χ1) is 9.04. The third kappa shape index (κ3) is 3.46. The van der Waals surface area contributed by atoms with Crippen LogP contribution in [-0.2, 0) is 16.0 Å². The first-order valence-electron chi connectivity index (χ1n) is 6.23. The number of ether oxygens (including phenoxy) is 1. The van der Waals surface area contributed by atoms with Gasteiger partial charge in [-0.15, -0.1) is 0 Å². The zero-order valence-electron chi connectivity index (χ0n) is 11.5. The summed E-state index contributed by atoms with van der Waals surface area (Å²) in [7, 11) is 1.29. The second-order valence-corrected chi connectivity index (χ2v) is 4.12. The zero-order chi connectivity index (χ0) is 14.4. The molecule has 3 N–H and O–H groups in total. The molecule has 0 fully saturated rings. The number of hydrogen-bond acceptors (Lipinski definition) is 5. The van der Waals surface area contributed by atoms with Crippen LogP contribution in [-0.4, -0.2) is 47.2 Å².